The minimum Gasteiger partial charge on any atom is -0.306 e. The van der Waals surface area contributed by atoms with Gasteiger partial charge in [0.1, 0.15) is 11.5 Å². The quantitative estimate of drug-likeness (QED) is 0.474. The van der Waals surface area contributed by atoms with Gasteiger partial charge in [0.25, 0.3) is 5.69 Å². The first-order chi connectivity index (χ1) is 10.1. The summed E-state index contributed by atoms with van der Waals surface area (Å²) < 4.78 is 47.7. The highest BCUT2D eigenvalue weighted by Gasteiger charge is 2.37. The van der Waals surface area contributed by atoms with Crippen molar-refractivity contribution in [2.24, 2.45) is 5.92 Å². The zero-order valence-corrected chi connectivity index (χ0v) is 12.3. The van der Waals surface area contributed by atoms with E-state index in [0.717, 1.165) is 17.0 Å². The molecule has 2 rings (SSSR count). The first-order valence-electron chi connectivity index (χ1n) is 6.26. The molecule has 1 saturated heterocycles. The number of hydrogen-bond donors (Lipinski definition) is 0. The number of nitrogens with zero attached hydrogens (tertiary/aromatic N) is 2. The molecule has 1 amide bonds. The lowest BCUT2D eigenvalue weighted by Gasteiger charge is -2.19. The summed E-state index contributed by atoms with van der Waals surface area (Å²) >= 11 is 0. The van der Waals surface area contributed by atoms with Gasteiger partial charge in [-0.2, -0.15) is 8.42 Å². The zero-order chi connectivity index (χ0) is 16.7. The number of halogens is 2. The fourth-order valence-corrected chi connectivity index (χ4v) is 3.33. The number of nitro benzene ring substituents is 1. The van der Waals surface area contributed by atoms with Crippen LogP contribution < -0.4 is 4.90 Å². The zero-order valence-electron chi connectivity index (χ0n) is 11.5. The molecule has 0 aromatic heterocycles. The Kier molecular flexibility index (Phi) is 4.14. The van der Waals surface area contributed by atoms with E-state index in [4.69, 9.17) is 0 Å². The molecule has 7 nitrogen and oxygen atoms in total. The predicted molar refractivity (Wildman–Crippen MR) is 73.1 cm³/mol. The van der Waals surface area contributed by atoms with Gasteiger partial charge in [0.2, 0.25) is 5.91 Å². The number of carbonyl (C=O) groups is 1. The summed E-state index contributed by atoms with van der Waals surface area (Å²) in [7, 11) is -4.77. The van der Waals surface area contributed by atoms with Crippen molar-refractivity contribution < 1.29 is 26.4 Å². The van der Waals surface area contributed by atoms with E-state index in [2.05, 4.69) is 0 Å². The molecular formula is C12H12F2N2O5S. The molecule has 0 aliphatic carbocycles. The average Bonchev–Trinajstić information content (AvgIpc) is 2.70. The van der Waals surface area contributed by atoms with E-state index in [1.165, 1.54) is 6.92 Å². The topological polar surface area (TPSA) is 97.6 Å². The van der Waals surface area contributed by atoms with Crippen molar-refractivity contribution in [3.8, 4) is 0 Å². The smallest absolute Gasteiger partial charge is 0.302 e. The molecule has 0 bridgehead atoms. The van der Waals surface area contributed by atoms with Crippen molar-refractivity contribution in [3.05, 3.63) is 33.6 Å². The highest BCUT2D eigenvalue weighted by Crippen LogP contribution is 2.37. The maximum Gasteiger partial charge on any atom is 0.302 e. The van der Waals surface area contributed by atoms with Gasteiger partial charge in [-0.15, -0.1) is 3.89 Å². The van der Waals surface area contributed by atoms with E-state index < -0.39 is 44.2 Å². The van der Waals surface area contributed by atoms with Crippen LogP contribution in [0.5, 0.6) is 0 Å². The van der Waals surface area contributed by atoms with Crippen LogP contribution >= 0.6 is 0 Å². The number of benzene rings is 1. The molecule has 1 aromatic carbocycles. The van der Waals surface area contributed by atoms with E-state index in [0.29, 0.717) is 0 Å². The second-order valence-electron chi connectivity index (χ2n) is 5.08. The molecule has 0 spiro atoms. The lowest BCUT2D eigenvalue weighted by Crippen LogP contribution is -2.27. The Bertz CT molecular complexity index is 750. The molecule has 120 valence electrons. The number of nitro groups is 1. The first-order valence-corrected chi connectivity index (χ1v) is 7.81. The minimum absolute atomic E-state index is 0.0914. The summed E-state index contributed by atoms with van der Waals surface area (Å²) in [6.45, 7) is 1.07. The lowest BCUT2D eigenvalue weighted by molar-refractivity contribution is -0.384. The Morgan fingerprint density at radius 2 is 2.09 bits per heavy atom. The number of carbonyl (C=O) groups excluding carboxylic acids is 1. The van der Waals surface area contributed by atoms with E-state index in [9.17, 15) is 31.6 Å². The van der Waals surface area contributed by atoms with Crippen LogP contribution in [0, 0.1) is 28.8 Å². The van der Waals surface area contributed by atoms with Crippen molar-refractivity contribution in [3.63, 3.8) is 0 Å². The maximum absolute atomic E-state index is 13.7. The normalized spacial score (nSPS) is 18.8. The Morgan fingerprint density at radius 3 is 2.64 bits per heavy atom. The summed E-state index contributed by atoms with van der Waals surface area (Å²) in [5, 5.41) is 11.0. The van der Waals surface area contributed by atoms with Crippen LogP contribution in [-0.2, 0) is 15.0 Å². The predicted octanol–water partition coefficient (Wildman–Crippen LogP) is 1.69. The van der Waals surface area contributed by atoms with Crippen LogP contribution in [0.2, 0.25) is 0 Å². The summed E-state index contributed by atoms with van der Waals surface area (Å²) in [4.78, 5) is 23.2. The van der Waals surface area contributed by atoms with Gasteiger partial charge in [-0.25, -0.2) is 4.39 Å². The average molecular weight is 334 g/mol. The van der Waals surface area contributed by atoms with Crippen LogP contribution in [-0.4, -0.2) is 31.5 Å². The molecule has 1 aliphatic rings. The van der Waals surface area contributed by atoms with E-state index in [1.807, 2.05) is 0 Å². The monoisotopic (exact) mass is 334 g/mol. The van der Waals surface area contributed by atoms with Gasteiger partial charge in [-0.1, -0.05) is 0 Å². The molecule has 10 heteroatoms. The summed E-state index contributed by atoms with van der Waals surface area (Å²) in [5.74, 6) is -3.01. The molecule has 1 heterocycles. The van der Waals surface area contributed by atoms with E-state index in [1.54, 1.807) is 0 Å². The maximum atomic E-state index is 13.7. The Labute approximate surface area is 124 Å². The lowest BCUT2D eigenvalue weighted by atomic mass is 10.1. The van der Waals surface area contributed by atoms with Gasteiger partial charge in [0.05, 0.1) is 10.7 Å². The van der Waals surface area contributed by atoms with Crippen molar-refractivity contribution in [1.29, 1.82) is 0 Å². The van der Waals surface area contributed by atoms with Gasteiger partial charge in [-0.05, 0) is 13.0 Å². The molecule has 1 fully saturated rings. The number of hydrogen-bond acceptors (Lipinski definition) is 5. The number of anilines is 1. The SMILES string of the molecule is Cc1c(F)ccc([N+](=O)[O-])c1N1CC(CS(=O)(=O)F)CC1=O. The van der Waals surface area contributed by atoms with Gasteiger partial charge >= 0.3 is 10.2 Å². The van der Waals surface area contributed by atoms with Gasteiger partial charge in [0, 0.05) is 30.5 Å². The fraction of sp³-hybridized carbons (Fsp3) is 0.417. The first kappa shape index (κ1) is 16.3. The summed E-state index contributed by atoms with van der Waals surface area (Å²) in [5.41, 5.74) is -0.768. The van der Waals surface area contributed by atoms with Crippen molar-refractivity contribution in [2.75, 3.05) is 17.2 Å². The molecule has 1 aliphatic heterocycles. The standard InChI is InChI=1S/C12H12F2N2O5S/c1-7-9(13)2-3-10(16(18)19)12(7)15-5-8(4-11(15)17)6-22(14,20)21/h2-3,8H,4-6H2,1H3. The Morgan fingerprint density at radius 1 is 1.45 bits per heavy atom. The molecule has 1 atom stereocenters. The molecule has 0 radical (unpaired) electrons. The van der Waals surface area contributed by atoms with E-state index in [-0.39, 0.29) is 24.2 Å². The second-order valence-corrected chi connectivity index (χ2v) is 6.49. The number of amides is 1. The van der Waals surface area contributed by atoms with E-state index >= 15 is 0 Å². The second kappa shape index (κ2) is 5.59. The third kappa shape index (κ3) is 3.21. The minimum atomic E-state index is -4.77. The van der Waals surface area contributed by atoms with Crippen LogP contribution in [0.25, 0.3) is 0 Å². The van der Waals surface area contributed by atoms with Crippen LogP contribution in [0.3, 0.4) is 0 Å². The van der Waals surface area contributed by atoms with Gasteiger partial charge in [0.15, 0.2) is 0 Å². The molecular weight excluding hydrogens is 322 g/mol. The number of rotatable bonds is 4. The molecule has 22 heavy (non-hydrogen) atoms. The molecule has 0 N–H and O–H groups in total. The highest BCUT2D eigenvalue weighted by molar-refractivity contribution is 7.86. The largest absolute Gasteiger partial charge is 0.306 e. The third-order valence-electron chi connectivity index (χ3n) is 3.45. The molecule has 0 saturated carbocycles. The van der Waals surface area contributed by atoms with Crippen molar-refractivity contribution >= 4 is 27.5 Å². The van der Waals surface area contributed by atoms with Crippen molar-refractivity contribution in [2.45, 2.75) is 13.3 Å². The van der Waals surface area contributed by atoms with Crippen LogP contribution in [0.1, 0.15) is 12.0 Å². The van der Waals surface area contributed by atoms with Gasteiger partial charge in [-0.3, -0.25) is 14.9 Å². The van der Waals surface area contributed by atoms with Crippen LogP contribution in [0.4, 0.5) is 19.7 Å². The molecule has 1 aromatic rings. The summed E-state index contributed by atoms with van der Waals surface area (Å²) in [6.07, 6.45) is -0.268. The fourth-order valence-electron chi connectivity index (χ4n) is 2.54. The summed E-state index contributed by atoms with van der Waals surface area (Å²) in [6, 6.07) is 1.85. The third-order valence-corrected chi connectivity index (χ3v) is 4.32. The van der Waals surface area contributed by atoms with Gasteiger partial charge < -0.3 is 4.90 Å². The van der Waals surface area contributed by atoms with Crippen LogP contribution in [0.15, 0.2) is 12.1 Å². The Hall–Kier alpha value is -2.10. The molecule has 1 unspecified atom stereocenters. The highest BCUT2D eigenvalue weighted by atomic mass is 32.3. The Balaban J connectivity index is 2.42. The van der Waals surface area contributed by atoms with Crippen molar-refractivity contribution in [1.82, 2.24) is 0 Å².